The van der Waals surface area contributed by atoms with Gasteiger partial charge in [0.05, 0.1) is 7.11 Å². The first-order valence-corrected chi connectivity index (χ1v) is 8.48. The lowest BCUT2D eigenvalue weighted by Gasteiger charge is -2.10. The zero-order chi connectivity index (χ0) is 19.2. The smallest absolute Gasteiger partial charge is 0.229 e. The van der Waals surface area contributed by atoms with Crippen LogP contribution in [0.15, 0.2) is 48.5 Å². The maximum atomic E-state index is 13.3. The molecule has 0 bridgehead atoms. The largest absolute Gasteiger partial charge is 0.497 e. The number of hydrogen-bond acceptors (Lipinski definition) is 5. The van der Waals surface area contributed by atoms with E-state index in [9.17, 15) is 8.78 Å². The van der Waals surface area contributed by atoms with E-state index in [0.717, 1.165) is 30.0 Å². The molecule has 0 spiro atoms. The summed E-state index contributed by atoms with van der Waals surface area (Å²) >= 11 is 0. The van der Waals surface area contributed by atoms with E-state index in [4.69, 9.17) is 4.74 Å². The fraction of sp³-hybridized carbons (Fsp3) is 0.200. The molecule has 0 unspecified atom stereocenters. The fourth-order valence-corrected chi connectivity index (χ4v) is 2.55. The quantitative estimate of drug-likeness (QED) is 0.643. The molecule has 0 saturated carbocycles. The average Bonchev–Trinajstić information content (AvgIpc) is 2.65. The first-order chi connectivity index (χ1) is 13.0. The van der Waals surface area contributed by atoms with E-state index in [2.05, 4.69) is 20.6 Å². The Morgan fingerprint density at radius 3 is 2.44 bits per heavy atom. The lowest BCUT2D eigenvalue weighted by Crippen LogP contribution is -2.09. The molecule has 2 aromatic carbocycles. The van der Waals surface area contributed by atoms with Gasteiger partial charge in [0.25, 0.3) is 0 Å². The molecule has 140 valence electrons. The second kappa shape index (κ2) is 8.44. The summed E-state index contributed by atoms with van der Waals surface area (Å²) in [5.74, 6) is -0.0303. The molecule has 0 amide bonds. The van der Waals surface area contributed by atoms with Crippen molar-refractivity contribution in [1.29, 1.82) is 0 Å². The van der Waals surface area contributed by atoms with Gasteiger partial charge in [-0.05, 0) is 43.2 Å². The van der Waals surface area contributed by atoms with E-state index in [1.807, 2.05) is 37.3 Å². The summed E-state index contributed by atoms with van der Waals surface area (Å²) in [6, 6.07) is 13.3. The van der Waals surface area contributed by atoms with Crippen LogP contribution in [0.2, 0.25) is 0 Å². The van der Waals surface area contributed by atoms with E-state index in [-0.39, 0.29) is 0 Å². The number of aryl methyl sites for hydroxylation is 1. The van der Waals surface area contributed by atoms with Crippen LogP contribution in [0.3, 0.4) is 0 Å². The molecule has 0 aliphatic heterocycles. The van der Waals surface area contributed by atoms with Crippen LogP contribution in [-0.4, -0.2) is 23.6 Å². The van der Waals surface area contributed by atoms with Gasteiger partial charge in [0, 0.05) is 30.1 Å². The van der Waals surface area contributed by atoms with Gasteiger partial charge < -0.3 is 15.4 Å². The van der Waals surface area contributed by atoms with Gasteiger partial charge in [-0.15, -0.1) is 0 Å². The number of methoxy groups -OCH3 is 1. The Bertz CT molecular complexity index is 916. The number of nitrogens with zero attached hydrogens (tertiary/aromatic N) is 2. The van der Waals surface area contributed by atoms with E-state index in [1.54, 1.807) is 7.11 Å². The van der Waals surface area contributed by atoms with Gasteiger partial charge in [-0.25, -0.2) is 13.8 Å². The average molecular weight is 370 g/mol. The molecule has 1 aromatic heterocycles. The van der Waals surface area contributed by atoms with Crippen molar-refractivity contribution in [2.24, 2.45) is 0 Å². The predicted molar refractivity (Wildman–Crippen MR) is 102 cm³/mol. The van der Waals surface area contributed by atoms with Crippen molar-refractivity contribution in [1.82, 2.24) is 9.97 Å². The van der Waals surface area contributed by atoms with Gasteiger partial charge in [0.1, 0.15) is 11.6 Å². The third-order valence-electron chi connectivity index (χ3n) is 3.91. The van der Waals surface area contributed by atoms with Crippen molar-refractivity contribution >= 4 is 17.5 Å². The normalized spacial score (nSPS) is 10.5. The third-order valence-corrected chi connectivity index (χ3v) is 3.91. The molecule has 3 rings (SSSR count). The van der Waals surface area contributed by atoms with Gasteiger partial charge in [-0.3, -0.25) is 0 Å². The van der Waals surface area contributed by atoms with E-state index in [1.165, 1.54) is 11.6 Å². The van der Waals surface area contributed by atoms with Gasteiger partial charge in [-0.1, -0.05) is 12.1 Å². The van der Waals surface area contributed by atoms with E-state index < -0.39 is 11.6 Å². The van der Waals surface area contributed by atoms with E-state index in [0.29, 0.717) is 24.0 Å². The van der Waals surface area contributed by atoms with Crippen LogP contribution in [-0.2, 0) is 6.42 Å². The number of hydrogen-bond donors (Lipinski definition) is 2. The Morgan fingerprint density at radius 1 is 0.963 bits per heavy atom. The molecule has 7 heteroatoms. The molecular weight excluding hydrogens is 350 g/mol. The molecule has 0 aliphatic rings. The molecule has 0 atom stereocenters. The Hall–Kier alpha value is -3.22. The minimum absolute atomic E-state index is 0.313. The zero-order valence-corrected chi connectivity index (χ0v) is 15.1. The van der Waals surface area contributed by atoms with Crippen LogP contribution in [0.1, 0.15) is 11.3 Å². The number of rotatable bonds is 7. The van der Waals surface area contributed by atoms with Crippen LogP contribution >= 0.6 is 0 Å². The van der Waals surface area contributed by atoms with Gasteiger partial charge >= 0.3 is 0 Å². The van der Waals surface area contributed by atoms with Crippen molar-refractivity contribution in [3.63, 3.8) is 0 Å². The maximum absolute atomic E-state index is 13.3. The third kappa shape index (κ3) is 5.13. The molecule has 1 heterocycles. The molecule has 0 fully saturated rings. The minimum Gasteiger partial charge on any atom is -0.497 e. The van der Waals surface area contributed by atoms with Gasteiger partial charge in [0.15, 0.2) is 11.6 Å². The maximum Gasteiger partial charge on any atom is 0.229 e. The van der Waals surface area contributed by atoms with Crippen LogP contribution < -0.4 is 15.4 Å². The minimum atomic E-state index is -0.925. The Labute approximate surface area is 156 Å². The lowest BCUT2D eigenvalue weighted by atomic mass is 10.1. The van der Waals surface area contributed by atoms with Crippen molar-refractivity contribution in [2.75, 3.05) is 24.3 Å². The number of halogens is 2. The van der Waals surface area contributed by atoms with Crippen molar-refractivity contribution in [3.8, 4) is 5.75 Å². The van der Waals surface area contributed by atoms with Crippen LogP contribution in [0.4, 0.5) is 26.2 Å². The number of anilines is 3. The number of aromatic nitrogens is 2. The van der Waals surface area contributed by atoms with Gasteiger partial charge in [-0.2, -0.15) is 4.98 Å². The Kier molecular flexibility index (Phi) is 5.80. The number of ether oxygens (including phenoxy) is 1. The molecule has 0 radical (unpaired) electrons. The van der Waals surface area contributed by atoms with Crippen LogP contribution in [0, 0.1) is 18.6 Å². The first-order valence-electron chi connectivity index (χ1n) is 8.48. The summed E-state index contributed by atoms with van der Waals surface area (Å²) in [6.07, 6.45) is 0.818. The molecule has 2 N–H and O–H groups in total. The molecule has 5 nitrogen and oxygen atoms in total. The molecular formula is C20H20F2N4O. The summed E-state index contributed by atoms with van der Waals surface area (Å²) in [7, 11) is 1.64. The second-order valence-electron chi connectivity index (χ2n) is 6.00. The number of benzene rings is 2. The highest BCUT2D eigenvalue weighted by atomic mass is 19.2. The van der Waals surface area contributed by atoms with Crippen LogP contribution in [0.25, 0.3) is 0 Å². The van der Waals surface area contributed by atoms with Crippen molar-refractivity contribution in [2.45, 2.75) is 13.3 Å². The Morgan fingerprint density at radius 2 is 1.74 bits per heavy atom. The van der Waals surface area contributed by atoms with Crippen molar-refractivity contribution in [3.05, 3.63) is 71.4 Å². The first kappa shape index (κ1) is 18.6. The summed E-state index contributed by atoms with van der Waals surface area (Å²) in [5.41, 5.74) is 2.31. The predicted octanol–water partition coefficient (Wildman–Crippen LogP) is 4.47. The van der Waals surface area contributed by atoms with E-state index >= 15 is 0 Å². The highest BCUT2D eigenvalue weighted by molar-refractivity contribution is 5.55. The SMILES string of the molecule is COc1ccc(CCNc2cc(C)nc(Nc3ccc(F)c(F)c3)n2)cc1. The molecule has 3 aromatic rings. The van der Waals surface area contributed by atoms with Crippen molar-refractivity contribution < 1.29 is 13.5 Å². The summed E-state index contributed by atoms with van der Waals surface area (Å²) in [6.45, 7) is 2.53. The van der Waals surface area contributed by atoms with Crippen LogP contribution in [0.5, 0.6) is 5.75 Å². The summed E-state index contributed by atoms with van der Waals surface area (Å²) in [5, 5.41) is 6.14. The molecule has 27 heavy (non-hydrogen) atoms. The zero-order valence-electron chi connectivity index (χ0n) is 15.1. The highest BCUT2D eigenvalue weighted by Gasteiger charge is 2.06. The summed E-state index contributed by atoms with van der Waals surface area (Å²) < 4.78 is 31.5. The Balaban J connectivity index is 1.62. The number of nitrogens with one attached hydrogen (secondary N) is 2. The highest BCUT2D eigenvalue weighted by Crippen LogP contribution is 2.18. The molecule has 0 saturated heterocycles. The fourth-order valence-electron chi connectivity index (χ4n) is 2.55. The monoisotopic (exact) mass is 370 g/mol. The topological polar surface area (TPSA) is 59.1 Å². The lowest BCUT2D eigenvalue weighted by molar-refractivity contribution is 0.414. The van der Waals surface area contributed by atoms with Gasteiger partial charge in [0.2, 0.25) is 5.95 Å². The summed E-state index contributed by atoms with van der Waals surface area (Å²) in [4.78, 5) is 8.64. The molecule has 0 aliphatic carbocycles. The second-order valence-corrected chi connectivity index (χ2v) is 6.00. The standard InChI is InChI=1S/C20H20F2N4O/c1-13-11-19(23-10-9-14-3-6-16(27-2)7-4-14)26-20(24-13)25-15-5-8-17(21)18(22)12-15/h3-8,11-12H,9-10H2,1-2H3,(H2,23,24,25,26).